The van der Waals surface area contributed by atoms with Gasteiger partial charge in [-0.2, -0.15) is 0 Å². The van der Waals surface area contributed by atoms with Crippen LogP contribution in [0, 0.1) is 12.8 Å². The van der Waals surface area contributed by atoms with Crippen molar-refractivity contribution >= 4 is 29.2 Å². The first-order chi connectivity index (χ1) is 16.7. The van der Waals surface area contributed by atoms with Gasteiger partial charge in [0.2, 0.25) is 5.91 Å². The molecule has 3 heterocycles. The molecule has 0 radical (unpaired) electrons. The molecule has 2 atom stereocenters. The lowest BCUT2D eigenvalue weighted by atomic mass is 9.85. The molecule has 186 valence electrons. The van der Waals surface area contributed by atoms with E-state index in [9.17, 15) is 14.4 Å². The monoisotopic (exact) mass is 477 g/mol. The van der Waals surface area contributed by atoms with Gasteiger partial charge in [-0.1, -0.05) is 31.2 Å². The number of nitrogens with zero attached hydrogens (tertiary/aromatic N) is 3. The first kappa shape index (κ1) is 24.7. The molecule has 1 aromatic heterocycles. The summed E-state index contributed by atoms with van der Waals surface area (Å²) in [6.45, 7) is 7.62. The number of aryl methyl sites for hydroxylation is 1. The molecule has 0 unspecified atom stereocenters. The minimum absolute atomic E-state index is 0.130. The number of amides is 3. The number of nitrogens with two attached hydrogens (primary N) is 1. The first-order valence-electron chi connectivity index (χ1n) is 12.4. The van der Waals surface area contributed by atoms with Gasteiger partial charge in [-0.3, -0.25) is 14.4 Å². The Morgan fingerprint density at radius 2 is 1.77 bits per heavy atom. The van der Waals surface area contributed by atoms with Crippen molar-refractivity contribution in [3.05, 3.63) is 53.2 Å². The van der Waals surface area contributed by atoms with Crippen LogP contribution in [-0.4, -0.2) is 52.1 Å². The number of carbonyl (C=O) groups is 3. The number of nitrogens with one attached hydrogen (secondary N) is 1. The van der Waals surface area contributed by atoms with Crippen LogP contribution in [0.5, 0.6) is 0 Å². The molecule has 35 heavy (non-hydrogen) atoms. The number of aromatic nitrogens is 1. The Hall–Kier alpha value is -3.42. The zero-order valence-electron chi connectivity index (χ0n) is 20.8. The van der Waals surface area contributed by atoms with Crippen molar-refractivity contribution < 1.29 is 14.4 Å². The maximum Gasteiger partial charge on any atom is 0.313 e. The molecule has 0 bridgehead atoms. The second kappa shape index (κ2) is 10.5. The van der Waals surface area contributed by atoms with Crippen molar-refractivity contribution in [2.45, 2.75) is 58.4 Å². The predicted molar refractivity (Wildman–Crippen MR) is 136 cm³/mol. The fraction of sp³-hybridized carbons (Fsp3) is 0.481. The van der Waals surface area contributed by atoms with E-state index in [4.69, 9.17) is 5.73 Å². The summed E-state index contributed by atoms with van der Waals surface area (Å²) >= 11 is 0. The van der Waals surface area contributed by atoms with Crippen molar-refractivity contribution in [2.75, 3.05) is 30.7 Å². The summed E-state index contributed by atoms with van der Waals surface area (Å²) in [5.41, 5.74) is 9.26. The van der Waals surface area contributed by atoms with Crippen LogP contribution in [-0.2, 0) is 14.4 Å². The summed E-state index contributed by atoms with van der Waals surface area (Å²) in [7, 11) is 0. The largest absolute Gasteiger partial charge is 0.383 e. The third kappa shape index (κ3) is 5.63. The van der Waals surface area contributed by atoms with Gasteiger partial charge in [-0.05, 0) is 67.2 Å². The maximum absolute atomic E-state index is 13.3. The van der Waals surface area contributed by atoms with E-state index in [2.05, 4.69) is 35.4 Å². The Morgan fingerprint density at radius 1 is 1.06 bits per heavy atom. The topological polar surface area (TPSA) is 109 Å². The molecule has 2 fully saturated rings. The number of rotatable bonds is 3. The van der Waals surface area contributed by atoms with Gasteiger partial charge in [0.05, 0.1) is 17.9 Å². The minimum atomic E-state index is -0.664. The lowest BCUT2D eigenvalue weighted by Crippen LogP contribution is -2.46. The Labute approximate surface area is 206 Å². The summed E-state index contributed by atoms with van der Waals surface area (Å²) in [5, 5.41) is 2.69. The summed E-state index contributed by atoms with van der Waals surface area (Å²) < 4.78 is 0. The number of anilines is 2. The van der Waals surface area contributed by atoms with Gasteiger partial charge in [-0.25, -0.2) is 4.98 Å². The number of hydrogen-bond acceptors (Lipinski definition) is 5. The normalized spacial score (nSPS) is 21.0. The molecule has 0 saturated carbocycles. The fourth-order valence-electron chi connectivity index (χ4n) is 5.24. The molecule has 4 rings (SSSR count). The second-order valence-electron chi connectivity index (χ2n) is 9.99. The molecule has 3 N–H and O–H groups in total. The van der Waals surface area contributed by atoms with Crippen LogP contribution in [0.3, 0.4) is 0 Å². The van der Waals surface area contributed by atoms with Crippen LogP contribution in [0.25, 0.3) is 0 Å². The van der Waals surface area contributed by atoms with E-state index in [-0.39, 0.29) is 11.9 Å². The van der Waals surface area contributed by atoms with Crippen molar-refractivity contribution in [1.82, 2.24) is 14.8 Å². The van der Waals surface area contributed by atoms with Gasteiger partial charge in [0.1, 0.15) is 5.82 Å². The summed E-state index contributed by atoms with van der Waals surface area (Å²) in [4.78, 5) is 45.6. The van der Waals surface area contributed by atoms with Gasteiger partial charge in [0.25, 0.3) is 0 Å². The molecule has 0 spiro atoms. The Bertz CT molecular complexity index is 1110. The van der Waals surface area contributed by atoms with Gasteiger partial charge in [-0.15, -0.1) is 0 Å². The van der Waals surface area contributed by atoms with Gasteiger partial charge in [0.15, 0.2) is 0 Å². The smallest absolute Gasteiger partial charge is 0.313 e. The highest BCUT2D eigenvalue weighted by atomic mass is 16.2. The van der Waals surface area contributed by atoms with Crippen molar-refractivity contribution in [3.8, 4) is 0 Å². The van der Waals surface area contributed by atoms with Crippen LogP contribution < -0.4 is 11.1 Å². The van der Waals surface area contributed by atoms with Gasteiger partial charge in [0, 0.05) is 26.6 Å². The van der Waals surface area contributed by atoms with Crippen LogP contribution in [0.2, 0.25) is 0 Å². The lowest BCUT2D eigenvalue weighted by Gasteiger charge is -2.39. The van der Waals surface area contributed by atoms with E-state index in [1.807, 2.05) is 11.0 Å². The van der Waals surface area contributed by atoms with E-state index in [0.29, 0.717) is 29.9 Å². The quantitative estimate of drug-likeness (QED) is 0.656. The van der Waals surface area contributed by atoms with Gasteiger partial charge < -0.3 is 20.9 Å². The van der Waals surface area contributed by atoms with Crippen molar-refractivity contribution in [3.63, 3.8) is 0 Å². The number of nitrogen functional groups attached to an aromatic ring is 1. The molecular formula is C27H35N5O3. The van der Waals surface area contributed by atoms with E-state index in [1.54, 1.807) is 24.8 Å². The average Bonchev–Trinajstić information content (AvgIpc) is 2.86. The molecule has 8 nitrogen and oxygen atoms in total. The van der Waals surface area contributed by atoms with E-state index in [0.717, 1.165) is 49.9 Å². The van der Waals surface area contributed by atoms with E-state index in [1.165, 1.54) is 11.8 Å². The summed E-state index contributed by atoms with van der Waals surface area (Å²) in [6.07, 6.45) is 5.15. The minimum Gasteiger partial charge on any atom is -0.383 e. The van der Waals surface area contributed by atoms with Crippen LogP contribution in [0.15, 0.2) is 36.5 Å². The molecule has 3 amide bonds. The van der Waals surface area contributed by atoms with Crippen LogP contribution >= 0.6 is 0 Å². The second-order valence-corrected chi connectivity index (χ2v) is 9.99. The molecule has 1 aromatic carbocycles. The summed E-state index contributed by atoms with van der Waals surface area (Å²) in [5.74, 6) is 0.0419. The number of pyridine rings is 1. The highest BCUT2D eigenvalue weighted by Gasteiger charge is 2.34. The molecule has 2 aromatic rings. The maximum atomic E-state index is 13.3. The highest BCUT2D eigenvalue weighted by Crippen LogP contribution is 2.36. The number of carbonyl (C=O) groups excluding carboxylic acids is 3. The molecule has 2 aliphatic rings. The van der Waals surface area contributed by atoms with Crippen LogP contribution in [0.1, 0.15) is 68.2 Å². The first-order valence-corrected chi connectivity index (χ1v) is 12.4. The standard InChI is InChI=1S/C27H35N5O3/c1-17-7-8-24(22-6-4-5-21(14-22)20-9-11-31(12-10-20)19(3)33)32(16-17)27(35)26(34)30-23-13-18(2)25(28)29-15-23/h4-6,13-15,17,20,24H,7-12,16H2,1-3H3,(H2,28,29)(H,30,34)/t17-,24+/m1/s1. The third-order valence-electron chi connectivity index (χ3n) is 7.36. The Morgan fingerprint density at radius 3 is 2.46 bits per heavy atom. The molecule has 2 aliphatic heterocycles. The summed E-state index contributed by atoms with van der Waals surface area (Å²) in [6, 6.07) is 10.0. The van der Waals surface area contributed by atoms with Crippen molar-refractivity contribution in [1.29, 1.82) is 0 Å². The van der Waals surface area contributed by atoms with Crippen molar-refractivity contribution in [2.24, 2.45) is 5.92 Å². The zero-order chi connectivity index (χ0) is 25.1. The van der Waals surface area contributed by atoms with Crippen LogP contribution in [0.4, 0.5) is 11.5 Å². The Kier molecular flexibility index (Phi) is 7.38. The predicted octanol–water partition coefficient (Wildman–Crippen LogP) is 3.64. The number of benzene rings is 1. The number of hydrogen-bond donors (Lipinski definition) is 2. The highest BCUT2D eigenvalue weighted by molar-refractivity contribution is 6.39. The van der Waals surface area contributed by atoms with E-state index >= 15 is 0 Å². The average molecular weight is 478 g/mol. The SMILES string of the molecule is CC(=O)N1CCC(c2cccc([C@@H]3CC[C@@H](C)CN3C(=O)C(=O)Nc3cnc(N)c(C)c3)c2)CC1. The van der Waals surface area contributed by atoms with E-state index < -0.39 is 11.8 Å². The number of piperidine rings is 2. The fourth-order valence-corrected chi connectivity index (χ4v) is 5.24. The molecule has 8 heteroatoms. The third-order valence-corrected chi connectivity index (χ3v) is 7.36. The lowest BCUT2D eigenvalue weighted by molar-refractivity contribution is -0.146. The number of likely N-dealkylation sites (tertiary alicyclic amines) is 2. The Balaban J connectivity index is 1.50. The molecule has 2 saturated heterocycles. The molecular weight excluding hydrogens is 442 g/mol. The zero-order valence-corrected chi connectivity index (χ0v) is 20.8. The molecule has 0 aliphatic carbocycles. The van der Waals surface area contributed by atoms with Gasteiger partial charge >= 0.3 is 11.8 Å².